The van der Waals surface area contributed by atoms with Crippen LogP contribution >= 0.6 is 0 Å². The van der Waals surface area contributed by atoms with Crippen molar-refractivity contribution in [2.75, 3.05) is 31.5 Å². The fourth-order valence-electron chi connectivity index (χ4n) is 3.87. The van der Waals surface area contributed by atoms with Gasteiger partial charge in [0.1, 0.15) is 17.5 Å². The molecule has 1 saturated heterocycles. The van der Waals surface area contributed by atoms with Crippen LogP contribution in [0.1, 0.15) is 18.1 Å². The van der Waals surface area contributed by atoms with Crippen LogP contribution in [-0.4, -0.2) is 47.1 Å². The van der Waals surface area contributed by atoms with Gasteiger partial charge in [-0.25, -0.2) is 23.1 Å². The molecule has 3 aromatic rings. The first kappa shape index (κ1) is 22.2. The molecule has 0 amide bonds. The highest BCUT2D eigenvalue weighted by Gasteiger charge is 2.19. The zero-order valence-electron chi connectivity index (χ0n) is 17.9. The fraction of sp³-hybridized carbons (Fsp3) is 0.333. The summed E-state index contributed by atoms with van der Waals surface area (Å²) in [5.74, 6) is -1.02. The quantitative estimate of drug-likeness (QED) is 0.580. The predicted octanol–water partition coefficient (Wildman–Crippen LogP) is 4.01. The highest BCUT2D eigenvalue weighted by Crippen LogP contribution is 2.23. The van der Waals surface area contributed by atoms with Gasteiger partial charge < -0.3 is 10.6 Å². The predicted molar refractivity (Wildman–Crippen MR) is 119 cm³/mol. The lowest BCUT2D eigenvalue weighted by atomic mass is 10.1. The number of hydrogen-bond donors (Lipinski definition) is 2. The second-order valence-electron chi connectivity index (χ2n) is 8.05. The van der Waals surface area contributed by atoms with E-state index in [2.05, 4.69) is 32.4 Å². The van der Waals surface area contributed by atoms with Crippen molar-refractivity contribution in [1.82, 2.24) is 20.2 Å². The molecule has 2 N–H and O–H groups in total. The molecule has 4 rings (SSSR count). The normalized spacial score (nSPS) is 16.8. The molecule has 5 nitrogen and oxygen atoms in total. The van der Waals surface area contributed by atoms with E-state index in [0.717, 1.165) is 31.3 Å². The van der Waals surface area contributed by atoms with Crippen LogP contribution in [0.5, 0.6) is 0 Å². The summed E-state index contributed by atoms with van der Waals surface area (Å²) in [6, 6.07) is 10.6. The SMILES string of the molecule is CC1CNCCN1Cc1cc(-c2ccnc(NCCc3cc(F)cc(F)c3)n2)ccc1F. The number of nitrogens with zero attached hydrogens (tertiary/aromatic N) is 3. The third-order valence-electron chi connectivity index (χ3n) is 5.63. The number of aromatic nitrogens is 2. The van der Waals surface area contributed by atoms with E-state index in [1.54, 1.807) is 18.3 Å². The van der Waals surface area contributed by atoms with E-state index < -0.39 is 11.6 Å². The Morgan fingerprint density at radius 3 is 2.69 bits per heavy atom. The van der Waals surface area contributed by atoms with Crippen molar-refractivity contribution in [3.8, 4) is 11.3 Å². The summed E-state index contributed by atoms with van der Waals surface area (Å²) >= 11 is 0. The molecule has 0 aliphatic carbocycles. The van der Waals surface area contributed by atoms with Crippen LogP contribution in [0, 0.1) is 17.5 Å². The molecule has 8 heteroatoms. The zero-order valence-corrected chi connectivity index (χ0v) is 17.9. The summed E-state index contributed by atoms with van der Waals surface area (Å²) in [6.45, 7) is 5.76. The summed E-state index contributed by atoms with van der Waals surface area (Å²) in [5, 5.41) is 6.43. The molecule has 0 radical (unpaired) electrons. The summed E-state index contributed by atoms with van der Waals surface area (Å²) < 4.78 is 41.2. The molecule has 1 aliphatic rings. The molecular weight excluding hydrogens is 415 g/mol. The smallest absolute Gasteiger partial charge is 0.223 e. The molecule has 1 fully saturated rings. The maximum atomic E-state index is 14.5. The van der Waals surface area contributed by atoms with Crippen molar-refractivity contribution in [3.05, 3.63) is 77.2 Å². The number of nitrogens with one attached hydrogen (secondary N) is 2. The van der Waals surface area contributed by atoms with Crippen molar-refractivity contribution in [1.29, 1.82) is 0 Å². The van der Waals surface area contributed by atoms with Crippen LogP contribution in [0.3, 0.4) is 0 Å². The molecule has 0 bridgehead atoms. The van der Waals surface area contributed by atoms with E-state index in [1.165, 1.54) is 18.2 Å². The Morgan fingerprint density at radius 2 is 1.91 bits per heavy atom. The van der Waals surface area contributed by atoms with E-state index >= 15 is 0 Å². The molecule has 1 atom stereocenters. The van der Waals surface area contributed by atoms with Crippen molar-refractivity contribution in [2.24, 2.45) is 0 Å². The number of hydrogen-bond acceptors (Lipinski definition) is 5. The van der Waals surface area contributed by atoms with Crippen molar-refractivity contribution < 1.29 is 13.2 Å². The lowest BCUT2D eigenvalue weighted by Crippen LogP contribution is -2.49. The van der Waals surface area contributed by atoms with E-state index in [0.29, 0.717) is 48.3 Å². The van der Waals surface area contributed by atoms with Crippen molar-refractivity contribution >= 4 is 5.95 Å². The van der Waals surface area contributed by atoms with Gasteiger partial charge >= 0.3 is 0 Å². The minimum atomic E-state index is -0.597. The van der Waals surface area contributed by atoms with Crippen LogP contribution < -0.4 is 10.6 Å². The Kier molecular flexibility index (Phi) is 7.02. The number of anilines is 1. The van der Waals surface area contributed by atoms with Gasteiger partial charge in [0.2, 0.25) is 5.95 Å². The molecule has 2 heterocycles. The van der Waals surface area contributed by atoms with Crippen LogP contribution in [0.2, 0.25) is 0 Å². The van der Waals surface area contributed by atoms with Crippen LogP contribution in [0.4, 0.5) is 19.1 Å². The van der Waals surface area contributed by atoms with Gasteiger partial charge in [0.05, 0.1) is 5.69 Å². The molecule has 1 aromatic heterocycles. The Hall–Kier alpha value is -2.97. The molecule has 0 saturated carbocycles. The van der Waals surface area contributed by atoms with Gasteiger partial charge in [-0.05, 0) is 55.3 Å². The van der Waals surface area contributed by atoms with Gasteiger partial charge in [-0.1, -0.05) is 0 Å². The van der Waals surface area contributed by atoms with Gasteiger partial charge in [0.25, 0.3) is 0 Å². The number of benzene rings is 2. The van der Waals surface area contributed by atoms with E-state index in [4.69, 9.17) is 0 Å². The Labute approximate surface area is 185 Å². The molecule has 32 heavy (non-hydrogen) atoms. The topological polar surface area (TPSA) is 53.1 Å². The van der Waals surface area contributed by atoms with Gasteiger partial charge in [0, 0.05) is 62.2 Å². The number of halogens is 3. The van der Waals surface area contributed by atoms with E-state index in [-0.39, 0.29) is 5.82 Å². The van der Waals surface area contributed by atoms with Crippen LogP contribution in [0.25, 0.3) is 11.3 Å². The third-order valence-corrected chi connectivity index (χ3v) is 5.63. The maximum absolute atomic E-state index is 14.5. The molecular formula is C24H26F3N5. The summed E-state index contributed by atoms with van der Waals surface area (Å²) in [4.78, 5) is 11.0. The second-order valence-corrected chi connectivity index (χ2v) is 8.05. The average molecular weight is 442 g/mol. The van der Waals surface area contributed by atoms with Gasteiger partial charge in [-0.3, -0.25) is 4.90 Å². The minimum Gasteiger partial charge on any atom is -0.354 e. The average Bonchev–Trinajstić information content (AvgIpc) is 2.76. The first-order valence-corrected chi connectivity index (χ1v) is 10.7. The largest absolute Gasteiger partial charge is 0.354 e. The van der Waals surface area contributed by atoms with Crippen LogP contribution in [-0.2, 0) is 13.0 Å². The van der Waals surface area contributed by atoms with Crippen molar-refractivity contribution in [3.63, 3.8) is 0 Å². The monoisotopic (exact) mass is 441 g/mol. The Balaban J connectivity index is 1.44. The third kappa shape index (κ3) is 5.63. The Morgan fingerprint density at radius 1 is 1.09 bits per heavy atom. The standard InChI is InChI=1S/C24H26F3N5/c1-16-14-28-8-9-32(16)15-19-12-18(2-3-22(19)27)23-5-7-30-24(31-23)29-6-4-17-10-20(25)13-21(26)11-17/h2-3,5,7,10-13,16,28H,4,6,8-9,14-15H2,1H3,(H,29,30,31). The van der Waals surface area contributed by atoms with Gasteiger partial charge in [-0.2, -0.15) is 0 Å². The lowest BCUT2D eigenvalue weighted by Gasteiger charge is -2.34. The van der Waals surface area contributed by atoms with Gasteiger partial charge in [0.15, 0.2) is 0 Å². The fourth-order valence-corrected chi connectivity index (χ4v) is 3.87. The lowest BCUT2D eigenvalue weighted by molar-refractivity contribution is 0.164. The zero-order chi connectivity index (χ0) is 22.5. The highest BCUT2D eigenvalue weighted by molar-refractivity contribution is 5.61. The summed E-state index contributed by atoms with van der Waals surface area (Å²) in [5.41, 5.74) is 2.67. The molecule has 1 aliphatic heterocycles. The summed E-state index contributed by atoms with van der Waals surface area (Å²) in [7, 11) is 0. The maximum Gasteiger partial charge on any atom is 0.223 e. The molecule has 0 spiro atoms. The molecule has 168 valence electrons. The van der Waals surface area contributed by atoms with E-state index in [9.17, 15) is 13.2 Å². The minimum absolute atomic E-state index is 0.228. The van der Waals surface area contributed by atoms with E-state index in [1.807, 2.05) is 6.07 Å². The molecule has 2 aromatic carbocycles. The Bertz CT molecular complexity index is 1060. The number of piperazine rings is 1. The second kappa shape index (κ2) is 10.1. The van der Waals surface area contributed by atoms with Crippen LogP contribution in [0.15, 0.2) is 48.7 Å². The highest BCUT2D eigenvalue weighted by atomic mass is 19.1. The number of rotatable bonds is 7. The first-order valence-electron chi connectivity index (χ1n) is 10.7. The van der Waals surface area contributed by atoms with Crippen molar-refractivity contribution in [2.45, 2.75) is 25.9 Å². The van der Waals surface area contributed by atoms with Gasteiger partial charge in [-0.15, -0.1) is 0 Å². The molecule has 1 unspecified atom stereocenters. The first-order chi connectivity index (χ1) is 15.5. The summed E-state index contributed by atoms with van der Waals surface area (Å²) in [6.07, 6.45) is 2.06.